The highest BCUT2D eigenvalue weighted by Gasteiger charge is 2.18. The maximum absolute atomic E-state index is 11.4. The van der Waals surface area contributed by atoms with Crippen LogP contribution in [0.3, 0.4) is 0 Å². The van der Waals surface area contributed by atoms with Gasteiger partial charge in [-0.25, -0.2) is 4.79 Å². The molecule has 2 amide bonds. The Morgan fingerprint density at radius 1 is 1.27 bits per heavy atom. The zero-order valence-electron chi connectivity index (χ0n) is 8.78. The van der Waals surface area contributed by atoms with Gasteiger partial charge in [-0.3, -0.25) is 0 Å². The van der Waals surface area contributed by atoms with Gasteiger partial charge in [0.25, 0.3) is 0 Å². The molecule has 0 bridgehead atoms. The molecule has 1 aromatic carbocycles. The van der Waals surface area contributed by atoms with Gasteiger partial charge in [0.2, 0.25) is 0 Å². The van der Waals surface area contributed by atoms with E-state index >= 15 is 0 Å². The van der Waals surface area contributed by atoms with Crippen molar-refractivity contribution in [2.24, 2.45) is 0 Å². The largest absolute Gasteiger partial charge is 0.338 e. The van der Waals surface area contributed by atoms with Crippen molar-refractivity contribution in [3.8, 4) is 0 Å². The van der Waals surface area contributed by atoms with Crippen LogP contribution in [0.1, 0.15) is 12.0 Å². The average molecular weight is 204 g/mol. The Kier molecular flexibility index (Phi) is 3.22. The Bertz CT molecular complexity index is 320. The molecule has 0 unspecified atom stereocenters. The number of hydrogen-bond donors (Lipinski definition) is 1. The van der Waals surface area contributed by atoms with E-state index in [1.54, 1.807) is 0 Å². The van der Waals surface area contributed by atoms with E-state index in [-0.39, 0.29) is 6.03 Å². The van der Waals surface area contributed by atoms with Crippen LogP contribution in [0.15, 0.2) is 30.3 Å². The number of carbonyl (C=O) groups excluding carboxylic acids is 1. The molecule has 15 heavy (non-hydrogen) atoms. The van der Waals surface area contributed by atoms with E-state index in [4.69, 9.17) is 0 Å². The van der Waals surface area contributed by atoms with Crippen molar-refractivity contribution in [1.29, 1.82) is 0 Å². The first-order valence-electron chi connectivity index (χ1n) is 5.43. The Morgan fingerprint density at radius 3 is 2.60 bits per heavy atom. The normalized spacial score (nSPS) is 14.5. The third kappa shape index (κ3) is 2.72. The number of benzene rings is 1. The van der Waals surface area contributed by atoms with Crippen LogP contribution in [0.2, 0.25) is 0 Å². The lowest BCUT2D eigenvalue weighted by atomic mass is 10.1. The van der Waals surface area contributed by atoms with Gasteiger partial charge in [0.1, 0.15) is 0 Å². The lowest BCUT2D eigenvalue weighted by Crippen LogP contribution is -2.48. The van der Waals surface area contributed by atoms with Gasteiger partial charge in [-0.2, -0.15) is 0 Å². The van der Waals surface area contributed by atoms with Crippen LogP contribution in [0.4, 0.5) is 4.79 Å². The number of urea groups is 1. The first kappa shape index (κ1) is 10.0. The molecular formula is C12H16N2O. The molecule has 0 spiro atoms. The van der Waals surface area contributed by atoms with E-state index in [1.165, 1.54) is 5.56 Å². The molecule has 0 aromatic heterocycles. The summed E-state index contributed by atoms with van der Waals surface area (Å²) in [6, 6.07) is 10.3. The number of rotatable bonds is 3. The SMILES string of the molecule is O=C(NCCc1ccccc1)N1CCC1. The predicted molar refractivity (Wildman–Crippen MR) is 59.7 cm³/mol. The molecule has 2 rings (SSSR count). The van der Waals surface area contributed by atoms with Crippen LogP contribution < -0.4 is 5.32 Å². The lowest BCUT2D eigenvalue weighted by molar-refractivity contribution is 0.168. The zero-order valence-corrected chi connectivity index (χ0v) is 8.78. The molecule has 80 valence electrons. The Hall–Kier alpha value is -1.51. The number of hydrogen-bond acceptors (Lipinski definition) is 1. The first-order chi connectivity index (χ1) is 7.36. The van der Waals surface area contributed by atoms with Crippen LogP contribution in [0.5, 0.6) is 0 Å². The topological polar surface area (TPSA) is 32.3 Å². The molecule has 1 heterocycles. The molecule has 1 aliphatic heterocycles. The predicted octanol–water partition coefficient (Wildman–Crippen LogP) is 1.64. The molecule has 0 atom stereocenters. The fourth-order valence-corrected chi connectivity index (χ4v) is 1.59. The highest BCUT2D eigenvalue weighted by atomic mass is 16.2. The molecule has 1 N–H and O–H groups in total. The molecule has 0 saturated carbocycles. The molecular weight excluding hydrogens is 188 g/mol. The van der Waals surface area contributed by atoms with Crippen LogP contribution in [-0.4, -0.2) is 30.6 Å². The minimum absolute atomic E-state index is 0.0807. The van der Waals surface area contributed by atoms with Crippen LogP contribution >= 0.6 is 0 Å². The van der Waals surface area contributed by atoms with Gasteiger partial charge >= 0.3 is 6.03 Å². The minimum atomic E-state index is 0.0807. The summed E-state index contributed by atoms with van der Waals surface area (Å²) >= 11 is 0. The van der Waals surface area contributed by atoms with E-state index < -0.39 is 0 Å². The van der Waals surface area contributed by atoms with Crippen molar-refractivity contribution < 1.29 is 4.79 Å². The van der Waals surface area contributed by atoms with E-state index in [0.29, 0.717) is 0 Å². The average Bonchev–Trinajstić information content (AvgIpc) is 2.16. The van der Waals surface area contributed by atoms with Crippen molar-refractivity contribution in [1.82, 2.24) is 10.2 Å². The van der Waals surface area contributed by atoms with Crippen LogP contribution in [0.25, 0.3) is 0 Å². The summed E-state index contributed by atoms with van der Waals surface area (Å²) in [4.78, 5) is 13.3. The molecule has 0 aliphatic carbocycles. The monoisotopic (exact) mass is 204 g/mol. The van der Waals surface area contributed by atoms with Gasteiger partial charge in [-0.05, 0) is 18.4 Å². The summed E-state index contributed by atoms with van der Waals surface area (Å²) in [5.41, 5.74) is 1.27. The molecule has 1 aromatic rings. The third-order valence-electron chi connectivity index (χ3n) is 2.68. The summed E-state index contributed by atoms with van der Waals surface area (Å²) in [5.74, 6) is 0. The fourth-order valence-electron chi connectivity index (χ4n) is 1.59. The maximum atomic E-state index is 11.4. The van der Waals surface area contributed by atoms with Crippen molar-refractivity contribution in [2.75, 3.05) is 19.6 Å². The smallest absolute Gasteiger partial charge is 0.317 e. The summed E-state index contributed by atoms with van der Waals surface area (Å²) in [6.45, 7) is 2.55. The highest BCUT2D eigenvalue weighted by molar-refractivity contribution is 5.74. The van der Waals surface area contributed by atoms with Gasteiger partial charge in [-0.15, -0.1) is 0 Å². The summed E-state index contributed by atoms with van der Waals surface area (Å²) in [6.07, 6.45) is 2.05. The Balaban J connectivity index is 1.68. The first-order valence-corrected chi connectivity index (χ1v) is 5.43. The Labute approximate surface area is 90.1 Å². The molecule has 3 heteroatoms. The number of likely N-dealkylation sites (tertiary alicyclic amines) is 1. The van der Waals surface area contributed by atoms with Crippen molar-refractivity contribution in [2.45, 2.75) is 12.8 Å². The second-order valence-electron chi connectivity index (χ2n) is 3.81. The number of carbonyl (C=O) groups is 1. The molecule has 3 nitrogen and oxygen atoms in total. The fraction of sp³-hybridized carbons (Fsp3) is 0.417. The van der Waals surface area contributed by atoms with Gasteiger partial charge in [0, 0.05) is 19.6 Å². The van der Waals surface area contributed by atoms with Crippen molar-refractivity contribution >= 4 is 6.03 Å². The lowest BCUT2D eigenvalue weighted by Gasteiger charge is -2.30. The quantitative estimate of drug-likeness (QED) is 0.797. The van der Waals surface area contributed by atoms with E-state index in [2.05, 4.69) is 17.4 Å². The number of nitrogens with zero attached hydrogens (tertiary/aromatic N) is 1. The summed E-state index contributed by atoms with van der Waals surface area (Å²) < 4.78 is 0. The molecule has 1 aliphatic rings. The molecule has 1 fully saturated rings. The van der Waals surface area contributed by atoms with Crippen LogP contribution in [-0.2, 0) is 6.42 Å². The molecule has 0 radical (unpaired) electrons. The maximum Gasteiger partial charge on any atom is 0.317 e. The zero-order chi connectivity index (χ0) is 10.5. The van der Waals surface area contributed by atoms with E-state index in [1.807, 2.05) is 23.1 Å². The minimum Gasteiger partial charge on any atom is -0.338 e. The number of amides is 2. The van der Waals surface area contributed by atoms with Gasteiger partial charge in [-0.1, -0.05) is 30.3 Å². The van der Waals surface area contributed by atoms with Gasteiger partial charge < -0.3 is 10.2 Å². The second kappa shape index (κ2) is 4.82. The molecule has 1 saturated heterocycles. The number of nitrogens with one attached hydrogen (secondary N) is 1. The van der Waals surface area contributed by atoms with Crippen molar-refractivity contribution in [3.63, 3.8) is 0 Å². The van der Waals surface area contributed by atoms with Crippen molar-refractivity contribution in [3.05, 3.63) is 35.9 Å². The standard InChI is InChI=1S/C12H16N2O/c15-12(14-9-4-10-14)13-8-7-11-5-2-1-3-6-11/h1-3,5-6H,4,7-10H2,(H,13,15). The van der Waals surface area contributed by atoms with Crippen LogP contribution in [0, 0.1) is 0 Å². The second-order valence-corrected chi connectivity index (χ2v) is 3.81. The van der Waals surface area contributed by atoms with Gasteiger partial charge in [0.05, 0.1) is 0 Å². The van der Waals surface area contributed by atoms with E-state index in [0.717, 1.165) is 32.5 Å². The Morgan fingerprint density at radius 2 is 2.00 bits per heavy atom. The van der Waals surface area contributed by atoms with Gasteiger partial charge in [0.15, 0.2) is 0 Å². The third-order valence-corrected chi connectivity index (χ3v) is 2.68. The highest BCUT2D eigenvalue weighted by Crippen LogP contribution is 2.05. The summed E-state index contributed by atoms with van der Waals surface area (Å²) in [7, 11) is 0. The summed E-state index contributed by atoms with van der Waals surface area (Å²) in [5, 5.41) is 2.92. The van der Waals surface area contributed by atoms with E-state index in [9.17, 15) is 4.79 Å².